The van der Waals surface area contributed by atoms with Crippen LogP contribution in [0, 0.1) is 6.92 Å². The predicted octanol–water partition coefficient (Wildman–Crippen LogP) is 3.57. The van der Waals surface area contributed by atoms with Gasteiger partial charge in [0.05, 0.1) is 0 Å². The van der Waals surface area contributed by atoms with Gasteiger partial charge >= 0.3 is 5.97 Å². The molecule has 0 aliphatic carbocycles. The summed E-state index contributed by atoms with van der Waals surface area (Å²) in [5, 5.41) is 0. The molecule has 0 fully saturated rings. The Labute approximate surface area is 97.6 Å². The first-order chi connectivity index (χ1) is 7.45. The molecule has 1 aromatic rings. The van der Waals surface area contributed by atoms with Gasteiger partial charge in [-0.25, -0.2) is 0 Å². The summed E-state index contributed by atoms with van der Waals surface area (Å²) < 4.78 is 5.47. The first-order valence-corrected chi connectivity index (χ1v) is 5.74. The summed E-state index contributed by atoms with van der Waals surface area (Å²) >= 11 is 0. The topological polar surface area (TPSA) is 26.3 Å². The molecule has 16 heavy (non-hydrogen) atoms. The van der Waals surface area contributed by atoms with E-state index in [1.54, 1.807) is 0 Å². The average molecular weight is 220 g/mol. The third-order valence-corrected chi connectivity index (χ3v) is 2.57. The number of carbonyl (C=O) groups is 1. The zero-order valence-electron chi connectivity index (χ0n) is 10.5. The Morgan fingerprint density at radius 2 is 1.81 bits per heavy atom. The molecule has 2 nitrogen and oxygen atoms in total. The van der Waals surface area contributed by atoms with Gasteiger partial charge in [0, 0.05) is 6.42 Å². The zero-order chi connectivity index (χ0) is 12.2. The van der Waals surface area contributed by atoms with Crippen molar-refractivity contribution in [2.45, 2.75) is 46.1 Å². The standard InChI is InChI=1S/C14H20O2/c1-5-6-13(15)16-14(3,4)12-9-7-11(2)8-10-12/h7-10H,5-6H2,1-4H3. The summed E-state index contributed by atoms with van der Waals surface area (Å²) in [5.41, 5.74) is 1.70. The lowest BCUT2D eigenvalue weighted by atomic mass is 9.97. The van der Waals surface area contributed by atoms with Crippen LogP contribution in [0.2, 0.25) is 0 Å². The molecule has 0 aliphatic heterocycles. The van der Waals surface area contributed by atoms with E-state index in [0.717, 1.165) is 12.0 Å². The van der Waals surface area contributed by atoms with Gasteiger partial charge in [0.1, 0.15) is 5.60 Å². The molecule has 0 heterocycles. The summed E-state index contributed by atoms with van der Waals surface area (Å²) in [6.07, 6.45) is 1.30. The molecular weight excluding hydrogens is 200 g/mol. The van der Waals surface area contributed by atoms with Crippen molar-refractivity contribution in [1.29, 1.82) is 0 Å². The van der Waals surface area contributed by atoms with Crippen LogP contribution in [-0.2, 0) is 15.1 Å². The zero-order valence-corrected chi connectivity index (χ0v) is 10.5. The summed E-state index contributed by atoms with van der Waals surface area (Å²) in [7, 11) is 0. The monoisotopic (exact) mass is 220 g/mol. The minimum absolute atomic E-state index is 0.131. The minimum Gasteiger partial charge on any atom is -0.455 e. The molecule has 0 saturated carbocycles. The van der Waals surface area contributed by atoms with Crippen LogP contribution in [-0.4, -0.2) is 5.97 Å². The van der Waals surface area contributed by atoms with Gasteiger partial charge in [-0.3, -0.25) is 4.79 Å². The second kappa shape index (κ2) is 5.15. The Morgan fingerprint density at radius 1 is 1.25 bits per heavy atom. The van der Waals surface area contributed by atoms with Crippen molar-refractivity contribution in [1.82, 2.24) is 0 Å². The number of carbonyl (C=O) groups excluding carboxylic acids is 1. The lowest BCUT2D eigenvalue weighted by molar-refractivity contribution is -0.157. The van der Waals surface area contributed by atoms with E-state index < -0.39 is 5.60 Å². The normalized spacial score (nSPS) is 11.2. The molecule has 0 amide bonds. The van der Waals surface area contributed by atoms with Crippen LogP contribution in [0.5, 0.6) is 0 Å². The molecule has 1 rings (SSSR count). The van der Waals surface area contributed by atoms with Gasteiger partial charge in [-0.15, -0.1) is 0 Å². The number of benzene rings is 1. The summed E-state index contributed by atoms with van der Waals surface area (Å²) in [6.45, 7) is 7.86. The lowest BCUT2D eigenvalue weighted by Crippen LogP contribution is -2.25. The number of esters is 1. The number of ether oxygens (including phenoxy) is 1. The first kappa shape index (κ1) is 12.8. The van der Waals surface area contributed by atoms with E-state index in [9.17, 15) is 4.79 Å². The number of rotatable bonds is 4. The maximum atomic E-state index is 11.5. The van der Waals surface area contributed by atoms with Crippen molar-refractivity contribution in [2.24, 2.45) is 0 Å². The fourth-order valence-electron chi connectivity index (χ4n) is 1.55. The van der Waals surface area contributed by atoms with Crippen LogP contribution in [0.4, 0.5) is 0 Å². The molecule has 0 atom stereocenters. The average Bonchev–Trinajstić information content (AvgIpc) is 2.17. The quantitative estimate of drug-likeness (QED) is 0.725. The van der Waals surface area contributed by atoms with Crippen molar-refractivity contribution in [3.05, 3.63) is 35.4 Å². The second-order valence-corrected chi connectivity index (χ2v) is 4.60. The van der Waals surface area contributed by atoms with Crippen LogP contribution in [0.25, 0.3) is 0 Å². The lowest BCUT2D eigenvalue weighted by Gasteiger charge is -2.25. The second-order valence-electron chi connectivity index (χ2n) is 4.60. The van der Waals surface area contributed by atoms with E-state index in [0.29, 0.717) is 6.42 Å². The molecule has 0 aliphatic rings. The van der Waals surface area contributed by atoms with Crippen LogP contribution in [0.3, 0.4) is 0 Å². The van der Waals surface area contributed by atoms with E-state index in [-0.39, 0.29) is 5.97 Å². The maximum Gasteiger partial charge on any atom is 0.306 e. The highest BCUT2D eigenvalue weighted by atomic mass is 16.6. The van der Waals surface area contributed by atoms with Gasteiger partial charge in [-0.1, -0.05) is 36.8 Å². The largest absolute Gasteiger partial charge is 0.455 e. The molecule has 0 saturated heterocycles. The predicted molar refractivity (Wildman–Crippen MR) is 65.2 cm³/mol. The number of hydrogen-bond donors (Lipinski definition) is 0. The van der Waals surface area contributed by atoms with Crippen molar-refractivity contribution >= 4 is 5.97 Å². The Bertz CT molecular complexity index is 350. The Morgan fingerprint density at radius 3 is 2.31 bits per heavy atom. The summed E-state index contributed by atoms with van der Waals surface area (Å²) in [6, 6.07) is 8.08. The highest BCUT2D eigenvalue weighted by Gasteiger charge is 2.24. The summed E-state index contributed by atoms with van der Waals surface area (Å²) in [5.74, 6) is -0.131. The van der Waals surface area contributed by atoms with Crippen LogP contribution >= 0.6 is 0 Å². The third-order valence-electron chi connectivity index (χ3n) is 2.57. The van der Waals surface area contributed by atoms with E-state index in [2.05, 4.69) is 0 Å². The van der Waals surface area contributed by atoms with E-state index in [1.165, 1.54) is 5.56 Å². The Kier molecular flexibility index (Phi) is 4.11. The van der Waals surface area contributed by atoms with Crippen molar-refractivity contribution in [2.75, 3.05) is 0 Å². The van der Waals surface area contributed by atoms with Gasteiger partial charge in [-0.05, 0) is 32.8 Å². The molecule has 88 valence electrons. The summed E-state index contributed by atoms with van der Waals surface area (Å²) in [4.78, 5) is 11.5. The third kappa shape index (κ3) is 3.37. The van der Waals surface area contributed by atoms with E-state index in [1.807, 2.05) is 52.0 Å². The number of hydrogen-bond acceptors (Lipinski definition) is 2. The minimum atomic E-state index is -0.542. The van der Waals surface area contributed by atoms with E-state index >= 15 is 0 Å². The molecule has 0 unspecified atom stereocenters. The van der Waals surface area contributed by atoms with Crippen molar-refractivity contribution < 1.29 is 9.53 Å². The van der Waals surface area contributed by atoms with Crippen LogP contribution in [0.15, 0.2) is 24.3 Å². The van der Waals surface area contributed by atoms with Crippen LogP contribution < -0.4 is 0 Å². The van der Waals surface area contributed by atoms with Gasteiger partial charge in [0.25, 0.3) is 0 Å². The molecule has 2 heteroatoms. The SMILES string of the molecule is CCCC(=O)OC(C)(C)c1ccc(C)cc1. The van der Waals surface area contributed by atoms with Gasteiger partial charge in [-0.2, -0.15) is 0 Å². The highest BCUT2D eigenvalue weighted by Crippen LogP contribution is 2.25. The smallest absolute Gasteiger partial charge is 0.306 e. The van der Waals surface area contributed by atoms with Gasteiger partial charge in [0.15, 0.2) is 0 Å². The first-order valence-electron chi connectivity index (χ1n) is 5.74. The molecule has 0 bridgehead atoms. The molecule has 0 spiro atoms. The van der Waals surface area contributed by atoms with Gasteiger partial charge < -0.3 is 4.74 Å². The van der Waals surface area contributed by atoms with Crippen molar-refractivity contribution in [3.63, 3.8) is 0 Å². The molecule has 0 aromatic heterocycles. The Balaban J connectivity index is 2.76. The maximum absolute atomic E-state index is 11.5. The fraction of sp³-hybridized carbons (Fsp3) is 0.500. The van der Waals surface area contributed by atoms with E-state index in [4.69, 9.17) is 4.74 Å². The number of aryl methyl sites for hydroxylation is 1. The van der Waals surface area contributed by atoms with Crippen molar-refractivity contribution in [3.8, 4) is 0 Å². The molecule has 0 radical (unpaired) electrons. The molecular formula is C14H20O2. The molecule has 1 aromatic carbocycles. The Hall–Kier alpha value is -1.31. The van der Waals surface area contributed by atoms with Crippen LogP contribution in [0.1, 0.15) is 44.7 Å². The fourth-order valence-corrected chi connectivity index (χ4v) is 1.55. The molecule has 0 N–H and O–H groups in total. The highest BCUT2D eigenvalue weighted by molar-refractivity contribution is 5.70. The van der Waals surface area contributed by atoms with Gasteiger partial charge in [0.2, 0.25) is 0 Å².